The van der Waals surface area contributed by atoms with Crippen molar-refractivity contribution in [3.8, 4) is 0 Å². The van der Waals surface area contributed by atoms with Gasteiger partial charge in [0.25, 0.3) is 11.8 Å². The minimum atomic E-state index is -0.0689. The monoisotopic (exact) mass is 388 g/mol. The lowest BCUT2D eigenvalue weighted by atomic mass is 9.86. The summed E-state index contributed by atoms with van der Waals surface area (Å²) in [5, 5.41) is 6.19. The number of amides is 2. The van der Waals surface area contributed by atoms with Gasteiger partial charge in [-0.15, -0.1) is 0 Å². The van der Waals surface area contributed by atoms with Crippen molar-refractivity contribution in [1.82, 2.24) is 5.32 Å². The van der Waals surface area contributed by atoms with Crippen molar-refractivity contribution in [3.05, 3.63) is 23.8 Å². The summed E-state index contributed by atoms with van der Waals surface area (Å²) in [6, 6.07) is 5.99. The van der Waals surface area contributed by atoms with Gasteiger partial charge in [-0.1, -0.05) is 31.5 Å². The zero-order chi connectivity index (χ0) is 18.8. The Bertz CT molecular complexity index is 717. The fraction of sp³-hybridized carbons (Fsp3) is 0.619. The lowest BCUT2D eigenvalue weighted by Gasteiger charge is -2.33. The summed E-state index contributed by atoms with van der Waals surface area (Å²) in [7, 11) is 0. The number of rotatable bonds is 3. The van der Waals surface area contributed by atoms with Crippen molar-refractivity contribution in [2.24, 2.45) is 5.92 Å². The molecule has 3 aliphatic rings. The number of nitrogens with one attached hydrogen (secondary N) is 3. The third-order valence-electron chi connectivity index (χ3n) is 6.28. The van der Waals surface area contributed by atoms with Gasteiger partial charge >= 0.3 is 0 Å². The minimum Gasteiger partial charge on any atom is -0.349 e. The summed E-state index contributed by atoms with van der Waals surface area (Å²) in [5.74, 6) is 0.575. The summed E-state index contributed by atoms with van der Waals surface area (Å²) >= 11 is 1.65. The van der Waals surface area contributed by atoms with Gasteiger partial charge in [-0.3, -0.25) is 9.59 Å². The number of hydrogen-bond donors (Lipinski definition) is 3. The van der Waals surface area contributed by atoms with Crippen LogP contribution in [0.4, 0.5) is 5.69 Å². The van der Waals surface area contributed by atoms with Gasteiger partial charge in [-0.2, -0.15) is 0 Å². The first-order valence-corrected chi connectivity index (χ1v) is 11.3. The molecule has 3 atom stereocenters. The third-order valence-corrected chi connectivity index (χ3v) is 7.67. The van der Waals surface area contributed by atoms with Crippen LogP contribution >= 0.6 is 11.8 Å². The lowest BCUT2D eigenvalue weighted by molar-refractivity contribution is -0.906. The van der Waals surface area contributed by atoms with Crippen LogP contribution < -0.4 is 15.5 Å². The van der Waals surface area contributed by atoms with E-state index in [9.17, 15) is 9.59 Å². The summed E-state index contributed by atoms with van der Waals surface area (Å²) < 4.78 is 0. The van der Waals surface area contributed by atoms with Crippen LogP contribution in [0.2, 0.25) is 0 Å². The molecule has 2 amide bonds. The van der Waals surface area contributed by atoms with Crippen LogP contribution in [0, 0.1) is 5.92 Å². The van der Waals surface area contributed by atoms with Crippen molar-refractivity contribution >= 4 is 29.3 Å². The highest BCUT2D eigenvalue weighted by Gasteiger charge is 2.36. The Labute approximate surface area is 165 Å². The van der Waals surface area contributed by atoms with Crippen molar-refractivity contribution < 1.29 is 14.5 Å². The van der Waals surface area contributed by atoms with E-state index in [1.54, 1.807) is 11.8 Å². The largest absolute Gasteiger partial charge is 0.349 e. The molecule has 2 aliphatic heterocycles. The predicted octanol–water partition coefficient (Wildman–Crippen LogP) is 2.43. The first-order chi connectivity index (χ1) is 13.1. The van der Waals surface area contributed by atoms with Crippen LogP contribution in [0.25, 0.3) is 0 Å². The number of carbonyl (C=O) groups is 2. The topological polar surface area (TPSA) is 62.6 Å². The molecule has 0 radical (unpaired) electrons. The van der Waals surface area contributed by atoms with Crippen LogP contribution in [0.3, 0.4) is 0 Å². The molecule has 1 aromatic rings. The van der Waals surface area contributed by atoms with E-state index in [1.165, 1.54) is 43.4 Å². The summed E-state index contributed by atoms with van der Waals surface area (Å²) in [4.78, 5) is 27.8. The van der Waals surface area contributed by atoms with Crippen molar-refractivity contribution in [2.45, 2.75) is 68.2 Å². The Morgan fingerprint density at radius 1 is 1.15 bits per heavy atom. The molecule has 5 nitrogen and oxygen atoms in total. The maximum Gasteiger partial charge on any atom is 0.294 e. The Kier molecular flexibility index (Phi) is 5.74. The molecular formula is C21H30N3O2S+. The van der Waals surface area contributed by atoms with Gasteiger partial charge < -0.3 is 15.5 Å². The normalized spacial score (nSPS) is 28.9. The quantitative estimate of drug-likeness (QED) is 0.745. The Morgan fingerprint density at radius 3 is 2.70 bits per heavy atom. The first kappa shape index (κ1) is 18.8. The number of hydrogen-bond acceptors (Lipinski definition) is 3. The van der Waals surface area contributed by atoms with E-state index in [0.717, 1.165) is 30.1 Å². The molecular weight excluding hydrogens is 358 g/mol. The van der Waals surface area contributed by atoms with Gasteiger partial charge in [-0.25, -0.2) is 0 Å². The van der Waals surface area contributed by atoms with E-state index in [1.807, 2.05) is 18.2 Å². The maximum atomic E-state index is 12.7. The first-order valence-electron chi connectivity index (χ1n) is 10.4. The number of anilines is 1. The highest BCUT2D eigenvalue weighted by atomic mass is 32.2. The van der Waals surface area contributed by atoms with Gasteiger partial charge in [0.15, 0.2) is 0 Å². The molecule has 1 aliphatic carbocycles. The Morgan fingerprint density at radius 2 is 1.93 bits per heavy atom. The average Bonchev–Trinajstić information content (AvgIpc) is 2.69. The Hall–Kier alpha value is -1.53. The van der Waals surface area contributed by atoms with Crippen LogP contribution in [0.15, 0.2) is 23.1 Å². The fourth-order valence-electron chi connectivity index (χ4n) is 4.57. The number of benzene rings is 1. The van der Waals surface area contributed by atoms with Crippen molar-refractivity contribution in [3.63, 3.8) is 0 Å². The molecule has 2 heterocycles. The average molecular weight is 389 g/mol. The zero-order valence-electron chi connectivity index (χ0n) is 16.1. The smallest absolute Gasteiger partial charge is 0.294 e. The summed E-state index contributed by atoms with van der Waals surface area (Å²) in [5.41, 5.74) is 1.41. The number of fused-ring (bicyclic) bond motifs is 1. The molecule has 1 saturated carbocycles. The van der Waals surface area contributed by atoms with Gasteiger partial charge in [0.05, 0.1) is 18.8 Å². The second-order valence-corrected chi connectivity index (χ2v) is 9.41. The van der Waals surface area contributed by atoms with Crippen LogP contribution in [0.1, 0.15) is 62.2 Å². The number of quaternary nitrogens is 1. The van der Waals surface area contributed by atoms with Crippen LogP contribution in [0.5, 0.6) is 0 Å². The molecule has 27 heavy (non-hydrogen) atoms. The van der Waals surface area contributed by atoms with E-state index in [4.69, 9.17) is 0 Å². The Balaban J connectivity index is 1.45. The van der Waals surface area contributed by atoms with Crippen molar-refractivity contribution in [2.75, 3.05) is 18.4 Å². The molecule has 0 bridgehead atoms. The van der Waals surface area contributed by atoms with Gasteiger partial charge in [-0.05, 0) is 56.2 Å². The van der Waals surface area contributed by atoms with Gasteiger partial charge in [0.1, 0.15) is 0 Å². The highest BCUT2D eigenvalue weighted by Crippen LogP contribution is 2.34. The second-order valence-electron chi connectivity index (χ2n) is 8.26. The maximum absolute atomic E-state index is 12.7. The third kappa shape index (κ3) is 4.16. The lowest BCUT2D eigenvalue weighted by Crippen LogP contribution is -3.17. The van der Waals surface area contributed by atoms with Crippen LogP contribution in [-0.4, -0.2) is 36.3 Å². The highest BCUT2D eigenvalue weighted by molar-refractivity contribution is 8.00. The van der Waals surface area contributed by atoms with Gasteiger partial charge in [0, 0.05) is 16.5 Å². The van der Waals surface area contributed by atoms with E-state index >= 15 is 0 Å². The SMILES string of the molecule is CC1CCCCC1NC(=O)c1ccc2c(c1)NC(=O)C([NH+]1CCCCC1)S2. The van der Waals surface area contributed by atoms with E-state index in [0.29, 0.717) is 11.5 Å². The molecule has 3 N–H and O–H groups in total. The molecule has 4 rings (SSSR count). The molecule has 3 unspecified atom stereocenters. The molecule has 1 aromatic carbocycles. The molecule has 2 fully saturated rings. The van der Waals surface area contributed by atoms with E-state index in [-0.39, 0.29) is 23.2 Å². The van der Waals surface area contributed by atoms with E-state index in [2.05, 4.69) is 17.6 Å². The summed E-state index contributed by atoms with van der Waals surface area (Å²) in [6.07, 6.45) is 8.36. The van der Waals surface area contributed by atoms with Gasteiger partial charge in [0.2, 0.25) is 5.37 Å². The molecule has 0 aromatic heterocycles. The minimum absolute atomic E-state index is 0.0282. The molecule has 0 spiro atoms. The van der Waals surface area contributed by atoms with Crippen molar-refractivity contribution in [1.29, 1.82) is 0 Å². The second kappa shape index (κ2) is 8.23. The zero-order valence-corrected chi connectivity index (χ0v) is 16.9. The molecule has 146 valence electrons. The molecule has 1 saturated heterocycles. The fourth-order valence-corrected chi connectivity index (χ4v) is 5.78. The predicted molar refractivity (Wildman–Crippen MR) is 108 cm³/mol. The number of carbonyl (C=O) groups excluding carboxylic acids is 2. The van der Waals surface area contributed by atoms with E-state index < -0.39 is 0 Å². The van der Waals surface area contributed by atoms with Crippen LogP contribution in [-0.2, 0) is 4.79 Å². The standard InChI is InChI=1S/C21H29N3O2S/c1-14-7-3-4-8-16(14)22-19(25)15-9-10-18-17(13-15)23-20(26)21(27-18)24-11-5-2-6-12-24/h9-10,13-14,16,21H,2-8,11-12H2,1H3,(H,22,25)(H,23,26)/p+1. The number of likely N-dealkylation sites (tertiary alicyclic amines) is 1. The summed E-state index contributed by atoms with van der Waals surface area (Å²) in [6.45, 7) is 4.36. The molecule has 6 heteroatoms. The number of thioether (sulfide) groups is 1. The number of piperidine rings is 1.